The molecule has 0 spiro atoms. The van der Waals surface area contributed by atoms with Gasteiger partial charge in [-0.2, -0.15) is 0 Å². The van der Waals surface area contributed by atoms with E-state index in [9.17, 15) is 4.79 Å². The molecule has 0 bridgehead atoms. The Morgan fingerprint density at radius 3 is 2.46 bits per heavy atom. The third-order valence-corrected chi connectivity index (χ3v) is 1.68. The van der Waals surface area contributed by atoms with Gasteiger partial charge >= 0.3 is 5.97 Å². The number of halogens is 1. The molecule has 0 aromatic heterocycles. The summed E-state index contributed by atoms with van der Waals surface area (Å²) in [5.41, 5.74) is 0. The van der Waals surface area contributed by atoms with Crippen molar-refractivity contribution in [3.05, 3.63) is 11.6 Å². The normalized spacial score (nSPS) is 12.9. The number of carboxylic acids is 1. The largest absolute Gasteiger partial charge is 0.480 e. The maximum atomic E-state index is 10.7. The van der Waals surface area contributed by atoms with Gasteiger partial charge in [0.2, 0.25) is 0 Å². The van der Waals surface area contributed by atoms with Crippen molar-refractivity contribution in [1.82, 2.24) is 5.32 Å². The monoisotopic (exact) mass is 205 g/mol. The van der Waals surface area contributed by atoms with E-state index in [1.54, 1.807) is 0 Å². The molecule has 0 fully saturated rings. The van der Waals surface area contributed by atoms with Gasteiger partial charge in [0.1, 0.15) is 6.04 Å². The molecule has 0 aromatic carbocycles. The fourth-order valence-corrected chi connectivity index (χ4v) is 1.05. The SMILES string of the molecule is C=C(Cl)CNC(CC(C)C)C(=O)O. The first-order chi connectivity index (χ1) is 5.93. The number of carbonyl (C=O) groups is 1. The first-order valence-corrected chi connectivity index (χ1v) is 4.60. The lowest BCUT2D eigenvalue weighted by Gasteiger charge is -2.15. The molecule has 13 heavy (non-hydrogen) atoms. The highest BCUT2D eigenvalue weighted by Crippen LogP contribution is 2.05. The fraction of sp³-hybridized carbons (Fsp3) is 0.667. The van der Waals surface area contributed by atoms with Crippen molar-refractivity contribution in [1.29, 1.82) is 0 Å². The second kappa shape index (κ2) is 6.00. The van der Waals surface area contributed by atoms with Crippen LogP contribution in [0.1, 0.15) is 20.3 Å². The van der Waals surface area contributed by atoms with E-state index < -0.39 is 12.0 Å². The number of aliphatic carboxylic acids is 1. The first kappa shape index (κ1) is 12.5. The van der Waals surface area contributed by atoms with Crippen molar-refractivity contribution in [3.63, 3.8) is 0 Å². The molecular formula is C9H16ClNO2. The summed E-state index contributed by atoms with van der Waals surface area (Å²) in [5, 5.41) is 12.0. The average Bonchev–Trinajstić information content (AvgIpc) is 1.96. The molecule has 0 amide bonds. The molecule has 0 aliphatic heterocycles. The van der Waals surface area contributed by atoms with E-state index in [2.05, 4.69) is 11.9 Å². The van der Waals surface area contributed by atoms with Gasteiger partial charge in [-0.25, -0.2) is 0 Å². The Morgan fingerprint density at radius 1 is 1.62 bits per heavy atom. The second-order valence-corrected chi connectivity index (χ2v) is 3.95. The molecule has 0 aliphatic rings. The standard InChI is InChI=1S/C9H16ClNO2/c1-6(2)4-8(9(12)13)11-5-7(3)10/h6,8,11H,3-5H2,1-2H3,(H,12,13). The minimum Gasteiger partial charge on any atom is -0.480 e. The van der Waals surface area contributed by atoms with Gasteiger partial charge in [-0.05, 0) is 12.3 Å². The van der Waals surface area contributed by atoms with Crippen LogP contribution in [0.4, 0.5) is 0 Å². The highest BCUT2D eigenvalue weighted by atomic mass is 35.5. The molecule has 1 atom stereocenters. The van der Waals surface area contributed by atoms with Crippen LogP contribution in [0.5, 0.6) is 0 Å². The van der Waals surface area contributed by atoms with Crippen molar-refractivity contribution in [2.45, 2.75) is 26.3 Å². The Bertz CT molecular complexity index is 192. The van der Waals surface area contributed by atoms with Crippen LogP contribution in [0.25, 0.3) is 0 Å². The van der Waals surface area contributed by atoms with E-state index in [-0.39, 0.29) is 0 Å². The molecule has 4 heteroatoms. The van der Waals surface area contributed by atoms with Gasteiger partial charge in [0, 0.05) is 11.6 Å². The van der Waals surface area contributed by atoms with Crippen molar-refractivity contribution >= 4 is 17.6 Å². The summed E-state index contributed by atoms with van der Waals surface area (Å²) in [6.07, 6.45) is 0.597. The van der Waals surface area contributed by atoms with Crippen molar-refractivity contribution in [2.24, 2.45) is 5.92 Å². The molecule has 0 saturated heterocycles. The van der Waals surface area contributed by atoms with Crippen molar-refractivity contribution in [2.75, 3.05) is 6.54 Å². The summed E-state index contributed by atoms with van der Waals surface area (Å²) in [6, 6.07) is -0.532. The van der Waals surface area contributed by atoms with Crippen molar-refractivity contribution < 1.29 is 9.90 Å². The lowest BCUT2D eigenvalue weighted by atomic mass is 10.0. The highest BCUT2D eigenvalue weighted by molar-refractivity contribution is 6.29. The van der Waals surface area contributed by atoms with Crippen LogP contribution in [0, 0.1) is 5.92 Å². The van der Waals surface area contributed by atoms with Crippen LogP contribution in [0.3, 0.4) is 0 Å². The van der Waals surface area contributed by atoms with E-state index in [4.69, 9.17) is 16.7 Å². The molecule has 76 valence electrons. The first-order valence-electron chi connectivity index (χ1n) is 4.23. The molecule has 0 saturated carbocycles. The number of hydrogen-bond donors (Lipinski definition) is 2. The van der Waals surface area contributed by atoms with Gasteiger partial charge in [0.25, 0.3) is 0 Å². The minimum atomic E-state index is -0.841. The summed E-state index contributed by atoms with van der Waals surface area (Å²) < 4.78 is 0. The van der Waals surface area contributed by atoms with E-state index in [1.807, 2.05) is 13.8 Å². The summed E-state index contributed by atoms with van der Waals surface area (Å²) >= 11 is 5.51. The zero-order valence-corrected chi connectivity index (χ0v) is 8.77. The maximum absolute atomic E-state index is 10.7. The predicted octanol–water partition coefficient (Wildman–Crippen LogP) is 1.83. The molecule has 0 heterocycles. The number of nitrogens with one attached hydrogen (secondary N) is 1. The smallest absolute Gasteiger partial charge is 0.320 e. The number of hydrogen-bond acceptors (Lipinski definition) is 2. The van der Waals surface area contributed by atoms with Gasteiger partial charge < -0.3 is 5.11 Å². The summed E-state index contributed by atoms with van der Waals surface area (Å²) in [5.74, 6) is -0.496. The van der Waals surface area contributed by atoms with E-state index in [0.717, 1.165) is 0 Å². The molecular weight excluding hydrogens is 190 g/mol. The minimum absolute atomic E-state index is 0.339. The summed E-state index contributed by atoms with van der Waals surface area (Å²) in [6.45, 7) is 7.77. The number of rotatable bonds is 6. The Labute approximate surface area is 83.8 Å². The predicted molar refractivity (Wildman–Crippen MR) is 53.9 cm³/mol. The zero-order valence-electron chi connectivity index (χ0n) is 8.01. The second-order valence-electron chi connectivity index (χ2n) is 3.42. The Hall–Kier alpha value is -0.540. The molecule has 0 rings (SSSR count). The van der Waals surface area contributed by atoms with Gasteiger partial charge in [0.05, 0.1) is 0 Å². The van der Waals surface area contributed by atoms with Crippen LogP contribution >= 0.6 is 11.6 Å². The number of carboxylic acid groups (broad SMARTS) is 1. The topological polar surface area (TPSA) is 49.3 Å². The molecule has 1 unspecified atom stereocenters. The van der Waals surface area contributed by atoms with E-state index in [0.29, 0.717) is 23.9 Å². The molecule has 0 radical (unpaired) electrons. The van der Waals surface area contributed by atoms with Crippen molar-refractivity contribution in [3.8, 4) is 0 Å². The van der Waals surface area contributed by atoms with E-state index >= 15 is 0 Å². The van der Waals surface area contributed by atoms with Crippen LogP contribution in [0.15, 0.2) is 11.6 Å². The van der Waals surface area contributed by atoms with Gasteiger partial charge in [-0.15, -0.1) is 0 Å². The Morgan fingerprint density at radius 2 is 2.15 bits per heavy atom. The summed E-state index contributed by atoms with van der Waals surface area (Å²) in [4.78, 5) is 10.7. The van der Waals surface area contributed by atoms with Crippen LogP contribution < -0.4 is 5.32 Å². The van der Waals surface area contributed by atoms with Crippen LogP contribution in [-0.2, 0) is 4.79 Å². The third-order valence-electron chi connectivity index (χ3n) is 1.55. The van der Waals surface area contributed by atoms with Crippen LogP contribution in [0.2, 0.25) is 0 Å². The quantitative estimate of drug-likeness (QED) is 0.696. The van der Waals surface area contributed by atoms with E-state index in [1.165, 1.54) is 0 Å². The fourth-order valence-electron chi connectivity index (χ4n) is 0.977. The highest BCUT2D eigenvalue weighted by Gasteiger charge is 2.17. The summed E-state index contributed by atoms with van der Waals surface area (Å²) in [7, 11) is 0. The molecule has 2 N–H and O–H groups in total. The molecule has 0 aliphatic carbocycles. The molecule has 3 nitrogen and oxygen atoms in total. The van der Waals surface area contributed by atoms with Crippen LogP contribution in [-0.4, -0.2) is 23.7 Å². The lowest BCUT2D eigenvalue weighted by Crippen LogP contribution is -2.38. The molecule has 0 aromatic rings. The van der Waals surface area contributed by atoms with Gasteiger partial charge in [-0.3, -0.25) is 10.1 Å². The average molecular weight is 206 g/mol. The van der Waals surface area contributed by atoms with Gasteiger partial charge in [0.15, 0.2) is 0 Å². The van der Waals surface area contributed by atoms with Gasteiger partial charge in [-0.1, -0.05) is 32.0 Å². The zero-order chi connectivity index (χ0) is 10.4. The third kappa shape index (κ3) is 6.61. The lowest BCUT2D eigenvalue weighted by molar-refractivity contribution is -0.139. The maximum Gasteiger partial charge on any atom is 0.320 e. The Kier molecular flexibility index (Phi) is 5.75. The Balaban J connectivity index is 3.95.